The lowest BCUT2D eigenvalue weighted by atomic mass is 10.1. The van der Waals surface area contributed by atoms with E-state index in [-0.39, 0.29) is 17.1 Å². The van der Waals surface area contributed by atoms with Crippen molar-refractivity contribution < 1.29 is 14.0 Å². The van der Waals surface area contributed by atoms with Gasteiger partial charge in [-0.15, -0.1) is 0 Å². The standard InChI is InChI=1S/C13H10O4/c1-7(14)9-3-4-10-5-11(8(2)15)13(16)17-12(10)6-9/h3-6H,1-2H3. The molecule has 1 heterocycles. The van der Waals surface area contributed by atoms with Crippen LogP contribution in [0.2, 0.25) is 0 Å². The van der Waals surface area contributed by atoms with Crippen molar-refractivity contribution >= 4 is 22.5 Å². The third-order valence-electron chi connectivity index (χ3n) is 2.52. The molecule has 0 amide bonds. The highest BCUT2D eigenvalue weighted by molar-refractivity contribution is 5.99. The van der Waals surface area contributed by atoms with Crippen LogP contribution in [0.1, 0.15) is 34.6 Å². The Labute approximate surface area is 96.9 Å². The molecule has 1 aromatic carbocycles. The largest absolute Gasteiger partial charge is 0.422 e. The molecule has 4 heteroatoms. The molecule has 0 bridgehead atoms. The number of hydrogen-bond acceptors (Lipinski definition) is 4. The van der Waals surface area contributed by atoms with Gasteiger partial charge in [-0.05, 0) is 26.0 Å². The molecule has 17 heavy (non-hydrogen) atoms. The molecule has 0 atom stereocenters. The molecule has 2 rings (SSSR count). The van der Waals surface area contributed by atoms with Gasteiger partial charge in [0.05, 0.1) is 0 Å². The number of ketones is 2. The smallest absolute Gasteiger partial charge is 0.347 e. The van der Waals surface area contributed by atoms with E-state index in [1.54, 1.807) is 12.1 Å². The average Bonchev–Trinajstić information content (AvgIpc) is 2.26. The minimum absolute atomic E-state index is 0.0214. The first-order valence-electron chi connectivity index (χ1n) is 5.09. The fraction of sp³-hybridized carbons (Fsp3) is 0.154. The van der Waals surface area contributed by atoms with Gasteiger partial charge in [0.25, 0.3) is 0 Å². The molecule has 0 aliphatic heterocycles. The Morgan fingerprint density at radius 1 is 1.06 bits per heavy atom. The maximum absolute atomic E-state index is 11.5. The molecule has 0 radical (unpaired) electrons. The molecule has 0 unspecified atom stereocenters. The highest BCUT2D eigenvalue weighted by atomic mass is 16.4. The summed E-state index contributed by atoms with van der Waals surface area (Å²) in [5.41, 5.74) is 0.128. The quantitative estimate of drug-likeness (QED) is 0.586. The van der Waals surface area contributed by atoms with Crippen molar-refractivity contribution in [2.24, 2.45) is 0 Å². The molecule has 0 aliphatic carbocycles. The van der Waals surface area contributed by atoms with Crippen molar-refractivity contribution in [3.63, 3.8) is 0 Å². The maximum Gasteiger partial charge on any atom is 0.347 e. The highest BCUT2D eigenvalue weighted by Gasteiger charge is 2.10. The van der Waals surface area contributed by atoms with E-state index in [0.29, 0.717) is 16.5 Å². The molecule has 0 saturated carbocycles. The lowest BCUT2D eigenvalue weighted by Gasteiger charge is -2.01. The van der Waals surface area contributed by atoms with Crippen LogP contribution in [-0.4, -0.2) is 11.6 Å². The number of hydrogen-bond donors (Lipinski definition) is 0. The van der Waals surface area contributed by atoms with Crippen molar-refractivity contribution in [3.8, 4) is 0 Å². The first-order valence-corrected chi connectivity index (χ1v) is 5.09. The summed E-state index contributed by atoms with van der Waals surface area (Å²) in [5.74, 6) is -0.443. The second kappa shape index (κ2) is 3.97. The van der Waals surface area contributed by atoms with Crippen LogP contribution in [-0.2, 0) is 0 Å². The first kappa shape index (κ1) is 11.3. The van der Waals surface area contributed by atoms with E-state index < -0.39 is 5.63 Å². The van der Waals surface area contributed by atoms with Crippen LogP contribution in [0.15, 0.2) is 33.5 Å². The fourth-order valence-electron chi connectivity index (χ4n) is 1.58. The van der Waals surface area contributed by atoms with E-state index >= 15 is 0 Å². The van der Waals surface area contributed by atoms with Gasteiger partial charge in [-0.25, -0.2) is 4.79 Å². The van der Waals surface area contributed by atoms with Gasteiger partial charge in [0, 0.05) is 10.9 Å². The lowest BCUT2D eigenvalue weighted by Crippen LogP contribution is -2.11. The van der Waals surface area contributed by atoms with Crippen LogP contribution in [0, 0.1) is 0 Å². The van der Waals surface area contributed by atoms with Crippen LogP contribution in [0.5, 0.6) is 0 Å². The van der Waals surface area contributed by atoms with Crippen LogP contribution in [0.4, 0.5) is 0 Å². The van der Waals surface area contributed by atoms with E-state index in [0.717, 1.165) is 0 Å². The Morgan fingerprint density at radius 3 is 2.35 bits per heavy atom. The summed E-state index contributed by atoms with van der Waals surface area (Å²) in [5, 5.41) is 0.625. The molecule has 0 N–H and O–H groups in total. The number of benzene rings is 1. The van der Waals surface area contributed by atoms with E-state index in [1.807, 2.05) is 0 Å². The second-order valence-corrected chi connectivity index (χ2v) is 3.81. The molecule has 0 saturated heterocycles. The monoisotopic (exact) mass is 230 g/mol. The van der Waals surface area contributed by atoms with Gasteiger partial charge in [0.2, 0.25) is 0 Å². The van der Waals surface area contributed by atoms with Gasteiger partial charge < -0.3 is 4.42 Å². The van der Waals surface area contributed by atoms with Crippen LogP contribution >= 0.6 is 0 Å². The number of Topliss-reactive ketones (excluding diaryl/α,β-unsaturated/α-hetero) is 2. The third kappa shape index (κ3) is 2.01. The van der Waals surface area contributed by atoms with Crippen LogP contribution < -0.4 is 5.63 Å². The average molecular weight is 230 g/mol. The van der Waals surface area contributed by atoms with Crippen molar-refractivity contribution in [1.82, 2.24) is 0 Å². The lowest BCUT2D eigenvalue weighted by molar-refractivity contribution is 0.100. The zero-order valence-corrected chi connectivity index (χ0v) is 9.44. The maximum atomic E-state index is 11.5. The Balaban J connectivity index is 2.75. The van der Waals surface area contributed by atoms with E-state index in [9.17, 15) is 14.4 Å². The Hall–Kier alpha value is -2.23. The summed E-state index contributed by atoms with van der Waals surface area (Å²) >= 11 is 0. The second-order valence-electron chi connectivity index (χ2n) is 3.81. The zero-order valence-electron chi connectivity index (χ0n) is 9.44. The van der Waals surface area contributed by atoms with E-state index in [1.165, 1.54) is 26.0 Å². The minimum atomic E-state index is -0.675. The van der Waals surface area contributed by atoms with Crippen LogP contribution in [0.3, 0.4) is 0 Å². The molecular formula is C13H10O4. The number of carbonyl (C=O) groups excluding carboxylic acids is 2. The highest BCUT2D eigenvalue weighted by Crippen LogP contribution is 2.16. The summed E-state index contributed by atoms with van der Waals surface area (Å²) in [7, 11) is 0. The molecule has 0 fully saturated rings. The predicted molar refractivity (Wildman–Crippen MR) is 62.5 cm³/mol. The predicted octanol–water partition coefficient (Wildman–Crippen LogP) is 2.20. The van der Waals surface area contributed by atoms with Gasteiger partial charge in [-0.1, -0.05) is 12.1 Å². The zero-order chi connectivity index (χ0) is 12.6. The molecular weight excluding hydrogens is 220 g/mol. The fourth-order valence-corrected chi connectivity index (χ4v) is 1.58. The molecule has 0 spiro atoms. The minimum Gasteiger partial charge on any atom is -0.422 e. The number of carbonyl (C=O) groups is 2. The van der Waals surface area contributed by atoms with Gasteiger partial charge in [0.1, 0.15) is 11.1 Å². The van der Waals surface area contributed by atoms with Crippen molar-refractivity contribution in [2.75, 3.05) is 0 Å². The molecule has 86 valence electrons. The summed E-state index contributed by atoms with van der Waals surface area (Å²) < 4.78 is 5.02. The molecule has 1 aromatic heterocycles. The van der Waals surface area contributed by atoms with Gasteiger partial charge in [-0.3, -0.25) is 9.59 Å². The topological polar surface area (TPSA) is 64.3 Å². The summed E-state index contributed by atoms with van der Waals surface area (Å²) in [6, 6.07) is 6.27. The van der Waals surface area contributed by atoms with Crippen molar-refractivity contribution in [1.29, 1.82) is 0 Å². The Morgan fingerprint density at radius 2 is 1.76 bits per heavy atom. The van der Waals surface area contributed by atoms with E-state index in [2.05, 4.69) is 0 Å². The third-order valence-corrected chi connectivity index (χ3v) is 2.52. The Bertz CT molecular complexity index is 679. The first-order chi connectivity index (χ1) is 7.99. The van der Waals surface area contributed by atoms with Gasteiger partial charge >= 0.3 is 5.63 Å². The van der Waals surface area contributed by atoms with Crippen LogP contribution in [0.25, 0.3) is 11.0 Å². The SMILES string of the molecule is CC(=O)c1ccc2cc(C(C)=O)c(=O)oc2c1. The molecule has 4 nitrogen and oxygen atoms in total. The molecule has 0 aliphatic rings. The number of fused-ring (bicyclic) bond motifs is 1. The van der Waals surface area contributed by atoms with Crippen molar-refractivity contribution in [3.05, 3.63) is 45.8 Å². The summed E-state index contributed by atoms with van der Waals surface area (Å²) in [4.78, 5) is 33.8. The van der Waals surface area contributed by atoms with Gasteiger partial charge in [-0.2, -0.15) is 0 Å². The molecule has 2 aromatic rings. The van der Waals surface area contributed by atoms with Gasteiger partial charge in [0.15, 0.2) is 11.6 Å². The van der Waals surface area contributed by atoms with E-state index in [4.69, 9.17) is 4.42 Å². The summed E-state index contributed by atoms with van der Waals surface area (Å²) in [6.07, 6.45) is 0. The number of rotatable bonds is 2. The Kier molecular flexibility index (Phi) is 2.63. The van der Waals surface area contributed by atoms with Crippen molar-refractivity contribution in [2.45, 2.75) is 13.8 Å². The normalized spacial score (nSPS) is 10.5. The summed E-state index contributed by atoms with van der Waals surface area (Å²) in [6.45, 7) is 2.74.